The van der Waals surface area contributed by atoms with Gasteiger partial charge in [0.25, 0.3) is 6.43 Å². The molecule has 0 aliphatic rings. The number of benzene rings is 1. The summed E-state index contributed by atoms with van der Waals surface area (Å²) in [7, 11) is 0. The van der Waals surface area contributed by atoms with Gasteiger partial charge >= 0.3 is 5.69 Å². The number of hydrogen-bond acceptors (Lipinski definition) is 6. The lowest BCUT2D eigenvalue weighted by molar-refractivity contribution is -0.142. The molecule has 0 aliphatic carbocycles. The highest BCUT2D eigenvalue weighted by atomic mass is 35.5. The normalized spacial score (nSPS) is 12.4. The van der Waals surface area contributed by atoms with E-state index in [1.165, 1.54) is 6.20 Å². The van der Waals surface area contributed by atoms with Gasteiger partial charge in [-0.2, -0.15) is 4.98 Å². The van der Waals surface area contributed by atoms with E-state index < -0.39 is 23.4 Å². The molecule has 0 radical (unpaired) electrons. The van der Waals surface area contributed by atoms with Gasteiger partial charge in [-0.3, -0.25) is 9.78 Å². The third-order valence-corrected chi connectivity index (χ3v) is 6.86. The minimum atomic E-state index is -2.78. The van der Waals surface area contributed by atoms with Gasteiger partial charge in [-0.15, -0.1) is 0 Å². The summed E-state index contributed by atoms with van der Waals surface area (Å²) in [5.74, 6) is 0.0567. The molecule has 2 heterocycles. The van der Waals surface area contributed by atoms with Crippen LogP contribution in [0.15, 0.2) is 41.3 Å². The van der Waals surface area contributed by atoms with Crippen molar-refractivity contribution in [1.29, 1.82) is 0 Å². The standard InChI is InChI=1S/C27H32ClF2N5O3/c1-5-8-16(4)38-21-12-10-18(15-31-21)22-33-23(35-26(37)34-22)19-13-17(9-11-20(19)28)14-32-25(36)27(6-2,7-3)24(29)30/h9-13,15-16,24H,5-8,14H2,1-4H3,(H,32,36)(H,33,34,35,37)/t16-/m0/s1. The summed E-state index contributed by atoms with van der Waals surface area (Å²) < 4.78 is 33.1. The Kier molecular flexibility index (Phi) is 9.90. The van der Waals surface area contributed by atoms with Crippen LogP contribution in [-0.2, 0) is 11.3 Å². The van der Waals surface area contributed by atoms with Crippen LogP contribution in [0, 0.1) is 5.41 Å². The molecule has 38 heavy (non-hydrogen) atoms. The number of pyridine rings is 1. The summed E-state index contributed by atoms with van der Waals surface area (Å²) in [6, 6.07) is 8.29. The van der Waals surface area contributed by atoms with Crippen molar-refractivity contribution in [3.8, 4) is 28.7 Å². The predicted molar refractivity (Wildman–Crippen MR) is 142 cm³/mol. The molecule has 0 saturated carbocycles. The van der Waals surface area contributed by atoms with Crippen molar-refractivity contribution in [3.63, 3.8) is 0 Å². The van der Waals surface area contributed by atoms with Crippen LogP contribution in [0.3, 0.4) is 0 Å². The summed E-state index contributed by atoms with van der Waals surface area (Å²) >= 11 is 6.40. The summed E-state index contributed by atoms with van der Waals surface area (Å²) in [5, 5.41) is 2.91. The van der Waals surface area contributed by atoms with E-state index in [0.717, 1.165) is 12.8 Å². The Labute approximate surface area is 225 Å². The van der Waals surface area contributed by atoms with Crippen LogP contribution < -0.4 is 15.7 Å². The first-order valence-corrected chi connectivity index (χ1v) is 13.0. The zero-order chi connectivity index (χ0) is 27.9. The molecule has 0 fully saturated rings. The highest BCUT2D eigenvalue weighted by molar-refractivity contribution is 6.33. The van der Waals surface area contributed by atoms with Gasteiger partial charge in [0.15, 0.2) is 5.82 Å². The molecule has 3 rings (SSSR count). The van der Waals surface area contributed by atoms with Crippen LogP contribution in [-0.4, -0.2) is 38.4 Å². The Hall–Kier alpha value is -3.40. The van der Waals surface area contributed by atoms with E-state index in [0.29, 0.717) is 27.6 Å². The highest BCUT2D eigenvalue weighted by Crippen LogP contribution is 2.34. The summed E-state index contributed by atoms with van der Waals surface area (Å²) in [4.78, 5) is 40.3. The number of hydrogen-bond donors (Lipinski definition) is 2. The molecule has 0 saturated heterocycles. The number of carbonyl (C=O) groups is 1. The smallest absolute Gasteiger partial charge is 0.348 e. The van der Waals surface area contributed by atoms with Crippen LogP contribution in [0.25, 0.3) is 22.8 Å². The van der Waals surface area contributed by atoms with Crippen molar-refractivity contribution >= 4 is 17.5 Å². The zero-order valence-electron chi connectivity index (χ0n) is 21.9. The van der Waals surface area contributed by atoms with Gasteiger partial charge < -0.3 is 10.1 Å². The molecule has 3 aromatic rings. The Morgan fingerprint density at radius 1 is 1.16 bits per heavy atom. The van der Waals surface area contributed by atoms with E-state index in [9.17, 15) is 18.4 Å². The van der Waals surface area contributed by atoms with E-state index in [1.807, 2.05) is 6.92 Å². The molecule has 0 unspecified atom stereocenters. The molecule has 11 heteroatoms. The minimum Gasteiger partial charge on any atom is -0.475 e. The SMILES string of the molecule is CCC[C@H](C)Oc1ccc(-c2nc(-c3cc(CNC(=O)C(CC)(CC)C(F)F)ccc3Cl)[nH]c(=O)n2)cn1. The Balaban J connectivity index is 1.85. The molecular formula is C27H32ClF2N5O3. The lowest BCUT2D eigenvalue weighted by Crippen LogP contribution is -2.44. The number of rotatable bonds is 12. The second-order valence-corrected chi connectivity index (χ2v) is 9.50. The number of carbonyl (C=O) groups excluding carboxylic acids is 1. The van der Waals surface area contributed by atoms with Gasteiger partial charge in [0.05, 0.1) is 11.1 Å². The highest BCUT2D eigenvalue weighted by Gasteiger charge is 2.43. The zero-order valence-corrected chi connectivity index (χ0v) is 22.6. The van der Waals surface area contributed by atoms with Crippen molar-refractivity contribution in [1.82, 2.24) is 25.3 Å². The van der Waals surface area contributed by atoms with E-state index in [2.05, 4.69) is 32.2 Å². The number of alkyl halides is 2. The maximum Gasteiger partial charge on any atom is 0.348 e. The van der Waals surface area contributed by atoms with Crippen LogP contribution in [0.2, 0.25) is 5.02 Å². The molecular weight excluding hydrogens is 516 g/mol. The van der Waals surface area contributed by atoms with Crippen LogP contribution in [0.5, 0.6) is 5.88 Å². The van der Waals surface area contributed by atoms with Crippen LogP contribution >= 0.6 is 11.6 Å². The minimum absolute atomic E-state index is 0.00147. The number of aromatic nitrogens is 4. The molecule has 1 atom stereocenters. The Morgan fingerprint density at radius 3 is 2.50 bits per heavy atom. The number of amides is 1. The topological polar surface area (TPSA) is 110 Å². The first kappa shape index (κ1) is 29.2. The quantitative estimate of drug-likeness (QED) is 0.296. The van der Waals surface area contributed by atoms with E-state index >= 15 is 0 Å². The molecule has 8 nitrogen and oxygen atoms in total. The van der Waals surface area contributed by atoms with Gasteiger partial charge in [0.1, 0.15) is 11.2 Å². The monoisotopic (exact) mass is 547 g/mol. The average Bonchev–Trinajstić information content (AvgIpc) is 2.89. The number of nitrogens with one attached hydrogen (secondary N) is 2. The molecule has 0 bridgehead atoms. The lowest BCUT2D eigenvalue weighted by atomic mass is 9.81. The fourth-order valence-electron chi connectivity index (χ4n) is 4.10. The maximum absolute atomic E-state index is 13.7. The second-order valence-electron chi connectivity index (χ2n) is 9.09. The Bertz CT molecular complexity index is 1300. The van der Waals surface area contributed by atoms with Crippen molar-refractivity contribution in [3.05, 3.63) is 57.6 Å². The fourth-order valence-corrected chi connectivity index (χ4v) is 4.30. The molecule has 204 valence electrons. The summed E-state index contributed by atoms with van der Waals surface area (Å²) in [5.41, 5.74) is -0.880. The second kappa shape index (κ2) is 12.9. The van der Waals surface area contributed by atoms with Crippen LogP contribution in [0.4, 0.5) is 8.78 Å². The first-order valence-electron chi connectivity index (χ1n) is 12.6. The third kappa shape index (κ3) is 6.72. The number of H-pyrrole nitrogens is 1. The van der Waals surface area contributed by atoms with E-state index in [1.54, 1.807) is 44.2 Å². The van der Waals surface area contributed by atoms with Crippen molar-refractivity contribution < 1.29 is 18.3 Å². The largest absolute Gasteiger partial charge is 0.475 e. The number of ether oxygens (including phenoxy) is 1. The van der Waals surface area contributed by atoms with Crippen molar-refractivity contribution in [2.24, 2.45) is 5.41 Å². The maximum atomic E-state index is 13.7. The van der Waals surface area contributed by atoms with E-state index in [-0.39, 0.29) is 37.1 Å². The van der Waals surface area contributed by atoms with E-state index in [4.69, 9.17) is 16.3 Å². The molecule has 0 aliphatic heterocycles. The molecule has 2 aromatic heterocycles. The van der Waals surface area contributed by atoms with Gasteiger partial charge in [0.2, 0.25) is 11.8 Å². The lowest BCUT2D eigenvalue weighted by Gasteiger charge is -2.29. The number of nitrogens with zero attached hydrogens (tertiary/aromatic N) is 3. The van der Waals surface area contributed by atoms with Crippen LogP contribution in [0.1, 0.15) is 58.9 Å². The Morgan fingerprint density at radius 2 is 1.89 bits per heavy atom. The molecule has 2 N–H and O–H groups in total. The number of halogens is 3. The van der Waals surface area contributed by atoms with Gasteiger partial charge in [-0.05, 0) is 49.9 Å². The third-order valence-electron chi connectivity index (χ3n) is 6.53. The van der Waals surface area contributed by atoms with Crippen molar-refractivity contribution in [2.45, 2.75) is 72.5 Å². The summed E-state index contributed by atoms with van der Waals surface area (Å²) in [6.45, 7) is 7.19. The van der Waals surface area contributed by atoms with Gasteiger partial charge in [-0.1, -0.05) is 44.9 Å². The number of aromatic amines is 1. The molecule has 1 aromatic carbocycles. The first-order chi connectivity index (χ1) is 18.1. The summed E-state index contributed by atoms with van der Waals surface area (Å²) in [6.07, 6.45) is 0.697. The average molecular weight is 548 g/mol. The van der Waals surface area contributed by atoms with Gasteiger partial charge in [0, 0.05) is 29.9 Å². The molecule has 0 spiro atoms. The van der Waals surface area contributed by atoms with Crippen molar-refractivity contribution in [2.75, 3.05) is 0 Å². The predicted octanol–water partition coefficient (Wildman–Crippen LogP) is 5.80. The molecule has 1 amide bonds. The fraction of sp³-hybridized carbons (Fsp3) is 0.444. The van der Waals surface area contributed by atoms with Gasteiger partial charge in [-0.25, -0.2) is 23.5 Å².